The van der Waals surface area contributed by atoms with Crippen molar-refractivity contribution in [3.63, 3.8) is 0 Å². The highest BCUT2D eigenvalue weighted by molar-refractivity contribution is 5.79. The Hall–Kier alpha value is -2.28. The molecule has 4 rings (SSSR count). The van der Waals surface area contributed by atoms with E-state index in [9.17, 15) is 9.18 Å². The van der Waals surface area contributed by atoms with Gasteiger partial charge in [-0.05, 0) is 43.4 Å². The van der Waals surface area contributed by atoms with Gasteiger partial charge in [-0.3, -0.25) is 9.69 Å². The monoisotopic (exact) mass is 372 g/mol. The zero-order chi connectivity index (χ0) is 19.0. The quantitative estimate of drug-likeness (QED) is 0.829. The summed E-state index contributed by atoms with van der Waals surface area (Å²) in [6.45, 7) is 4.22. The van der Waals surface area contributed by atoms with Crippen LogP contribution >= 0.6 is 0 Å². The van der Waals surface area contributed by atoms with E-state index in [4.69, 9.17) is 4.52 Å². The summed E-state index contributed by atoms with van der Waals surface area (Å²) in [7, 11) is 2.10. The molecule has 3 heterocycles. The maximum absolute atomic E-state index is 13.8. The van der Waals surface area contributed by atoms with Crippen molar-refractivity contribution in [2.75, 3.05) is 26.7 Å². The van der Waals surface area contributed by atoms with Gasteiger partial charge >= 0.3 is 0 Å². The lowest BCUT2D eigenvalue weighted by atomic mass is 9.76. The second-order valence-corrected chi connectivity index (χ2v) is 7.96. The van der Waals surface area contributed by atoms with Gasteiger partial charge in [0.1, 0.15) is 5.82 Å². The molecule has 2 aromatic rings. The van der Waals surface area contributed by atoms with Crippen LogP contribution in [0.25, 0.3) is 0 Å². The van der Waals surface area contributed by atoms with Crippen LogP contribution in [-0.2, 0) is 11.2 Å². The van der Waals surface area contributed by atoms with Crippen LogP contribution in [0.1, 0.15) is 42.6 Å². The third-order valence-corrected chi connectivity index (χ3v) is 6.06. The Bertz CT molecular complexity index is 829. The fourth-order valence-electron chi connectivity index (χ4n) is 4.52. The number of aromatic nitrogens is 2. The van der Waals surface area contributed by atoms with E-state index >= 15 is 0 Å². The van der Waals surface area contributed by atoms with E-state index in [1.807, 2.05) is 4.90 Å². The molecule has 0 radical (unpaired) electrons. The number of likely N-dealkylation sites (tertiary alicyclic amines) is 2. The number of aryl methyl sites for hydroxylation is 1. The normalized spacial score (nSPS) is 22.5. The first-order valence-corrected chi connectivity index (χ1v) is 9.47. The molecule has 1 atom stereocenters. The number of carbonyl (C=O) groups is 1. The number of amides is 1. The van der Waals surface area contributed by atoms with E-state index in [0.29, 0.717) is 11.5 Å². The van der Waals surface area contributed by atoms with E-state index in [0.717, 1.165) is 44.7 Å². The molecule has 0 N–H and O–H groups in total. The molecule has 2 saturated heterocycles. The highest BCUT2D eigenvalue weighted by atomic mass is 19.1. The number of hydrogen-bond donors (Lipinski definition) is 0. The standard InChI is InChI=1S/C20H25FN4O2/c1-14-22-19(23-27-14)17-12-20(13-24(17)2)7-9-25(10-8-20)18(26)11-15-5-3-4-6-16(15)21/h3-6,17H,7-13H2,1-2H3. The third kappa shape index (κ3) is 3.60. The van der Waals surface area contributed by atoms with Crippen molar-refractivity contribution < 1.29 is 13.7 Å². The topological polar surface area (TPSA) is 62.5 Å². The molecule has 2 aliphatic heterocycles. The van der Waals surface area contributed by atoms with Crippen molar-refractivity contribution in [3.8, 4) is 0 Å². The Kier molecular flexibility index (Phi) is 4.72. The lowest BCUT2D eigenvalue weighted by Gasteiger charge is -2.39. The average Bonchev–Trinajstić information content (AvgIpc) is 3.21. The molecule has 1 aromatic carbocycles. The number of piperidine rings is 1. The first-order chi connectivity index (χ1) is 13.0. The minimum absolute atomic E-state index is 0.00615. The van der Waals surface area contributed by atoms with Gasteiger partial charge in [-0.15, -0.1) is 0 Å². The fourth-order valence-corrected chi connectivity index (χ4v) is 4.52. The SMILES string of the molecule is Cc1nc(C2CC3(CCN(C(=O)Cc4ccccc4F)CC3)CN2C)no1. The largest absolute Gasteiger partial charge is 0.342 e. The van der Waals surface area contributed by atoms with Crippen LogP contribution in [0, 0.1) is 18.2 Å². The number of hydrogen-bond acceptors (Lipinski definition) is 5. The highest BCUT2D eigenvalue weighted by Gasteiger charge is 2.46. The lowest BCUT2D eigenvalue weighted by molar-refractivity contribution is -0.132. The van der Waals surface area contributed by atoms with Gasteiger partial charge in [-0.1, -0.05) is 23.4 Å². The minimum Gasteiger partial charge on any atom is -0.342 e. The van der Waals surface area contributed by atoms with E-state index in [2.05, 4.69) is 22.1 Å². The smallest absolute Gasteiger partial charge is 0.227 e. The van der Waals surface area contributed by atoms with Crippen LogP contribution in [0.3, 0.4) is 0 Å². The maximum Gasteiger partial charge on any atom is 0.227 e. The molecule has 1 amide bonds. The Morgan fingerprint density at radius 3 is 2.74 bits per heavy atom. The van der Waals surface area contributed by atoms with E-state index in [1.54, 1.807) is 25.1 Å². The van der Waals surface area contributed by atoms with Gasteiger partial charge in [0.05, 0.1) is 12.5 Å². The van der Waals surface area contributed by atoms with Gasteiger partial charge in [-0.2, -0.15) is 4.98 Å². The van der Waals surface area contributed by atoms with E-state index < -0.39 is 0 Å². The number of benzene rings is 1. The van der Waals surface area contributed by atoms with Gasteiger partial charge in [0, 0.05) is 26.6 Å². The minimum atomic E-state index is -0.310. The van der Waals surface area contributed by atoms with Crippen molar-refractivity contribution in [1.29, 1.82) is 0 Å². The summed E-state index contributed by atoms with van der Waals surface area (Å²) in [5, 5.41) is 4.10. The lowest BCUT2D eigenvalue weighted by Crippen LogP contribution is -2.44. The number of halogens is 1. The average molecular weight is 372 g/mol. The zero-order valence-corrected chi connectivity index (χ0v) is 15.8. The Balaban J connectivity index is 1.37. The first-order valence-electron chi connectivity index (χ1n) is 9.47. The summed E-state index contributed by atoms with van der Waals surface area (Å²) in [4.78, 5) is 21.2. The predicted octanol–water partition coefficient (Wildman–Crippen LogP) is 2.75. The van der Waals surface area contributed by atoms with Crippen molar-refractivity contribution in [3.05, 3.63) is 47.4 Å². The molecule has 2 aliphatic rings. The maximum atomic E-state index is 13.8. The Labute approximate surface area is 158 Å². The van der Waals surface area contributed by atoms with Gasteiger partial charge < -0.3 is 9.42 Å². The summed E-state index contributed by atoms with van der Waals surface area (Å²) < 4.78 is 19.0. The molecule has 144 valence electrons. The van der Waals surface area contributed by atoms with Gasteiger partial charge in [0.25, 0.3) is 0 Å². The van der Waals surface area contributed by atoms with Crippen LogP contribution in [0.5, 0.6) is 0 Å². The summed E-state index contributed by atoms with van der Waals surface area (Å²) in [6.07, 6.45) is 3.02. The molecule has 0 saturated carbocycles. The molecule has 1 unspecified atom stereocenters. The number of nitrogens with zero attached hydrogens (tertiary/aromatic N) is 4. The molecular formula is C20H25FN4O2. The fraction of sp³-hybridized carbons (Fsp3) is 0.550. The molecule has 0 aliphatic carbocycles. The van der Waals surface area contributed by atoms with Crippen LogP contribution in [0.4, 0.5) is 4.39 Å². The Morgan fingerprint density at radius 1 is 1.33 bits per heavy atom. The second-order valence-electron chi connectivity index (χ2n) is 7.96. The third-order valence-electron chi connectivity index (χ3n) is 6.06. The van der Waals surface area contributed by atoms with Gasteiger partial charge in [-0.25, -0.2) is 4.39 Å². The van der Waals surface area contributed by atoms with Crippen molar-refractivity contribution in [1.82, 2.24) is 19.9 Å². The Morgan fingerprint density at radius 2 is 2.07 bits per heavy atom. The number of rotatable bonds is 3. The van der Waals surface area contributed by atoms with Crippen molar-refractivity contribution >= 4 is 5.91 Å². The number of carbonyl (C=O) groups excluding carboxylic acids is 1. The summed E-state index contributed by atoms with van der Waals surface area (Å²) in [5.41, 5.74) is 0.652. The molecular weight excluding hydrogens is 347 g/mol. The van der Waals surface area contributed by atoms with Gasteiger partial charge in [0.2, 0.25) is 11.8 Å². The highest BCUT2D eigenvalue weighted by Crippen LogP contribution is 2.47. The van der Waals surface area contributed by atoms with Crippen LogP contribution < -0.4 is 0 Å². The van der Waals surface area contributed by atoms with Crippen LogP contribution in [0.15, 0.2) is 28.8 Å². The van der Waals surface area contributed by atoms with E-state index in [1.165, 1.54) is 6.07 Å². The van der Waals surface area contributed by atoms with E-state index in [-0.39, 0.29) is 29.6 Å². The van der Waals surface area contributed by atoms with Gasteiger partial charge in [0.15, 0.2) is 5.82 Å². The summed E-state index contributed by atoms with van der Waals surface area (Å²) >= 11 is 0. The molecule has 0 bridgehead atoms. The second kappa shape index (κ2) is 7.03. The van der Waals surface area contributed by atoms with Crippen LogP contribution in [0.2, 0.25) is 0 Å². The summed E-state index contributed by atoms with van der Waals surface area (Å²) in [5.74, 6) is 1.04. The molecule has 27 heavy (non-hydrogen) atoms. The molecule has 1 spiro atoms. The molecule has 2 fully saturated rings. The molecule has 6 nitrogen and oxygen atoms in total. The zero-order valence-electron chi connectivity index (χ0n) is 15.8. The predicted molar refractivity (Wildman–Crippen MR) is 97.4 cm³/mol. The van der Waals surface area contributed by atoms with Crippen molar-refractivity contribution in [2.24, 2.45) is 5.41 Å². The van der Waals surface area contributed by atoms with Crippen LogP contribution in [-0.4, -0.2) is 52.5 Å². The molecule has 7 heteroatoms. The van der Waals surface area contributed by atoms with Crippen molar-refractivity contribution in [2.45, 2.75) is 38.6 Å². The first kappa shape index (κ1) is 18.1. The summed E-state index contributed by atoms with van der Waals surface area (Å²) in [6, 6.07) is 6.67. The molecule has 1 aromatic heterocycles.